The first-order valence-corrected chi connectivity index (χ1v) is 10.7. The number of hydrogen-bond donors (Lipinski definition) is 2. The molecule has 33 heavy (non-hydrogen) atoms. The second-order valence-corrected chi connectivity index (χ2v) is 8.34. The number of anilines is 1. The molecule has 2 rings (SSSR count). The molecule has 0 radical (unpaired) electrons. The van der Waals surface area contributed by atoms with E-state index >= 15 is 0 Å². The number of nitrogens with one attached hydrogen (secondary N) is 2. The predicted molar refractivity (Wildman–Crippen MR) is 124 cm³/mol. The lowest BCUT2D eigenvalue weighted by molar-refractivity contribution is -0.147. The summed E-state index contributed by atoms with van der Waals surface area (Å²) in [5.74, 6) is -1.85. The van der Waals surface area contributed by atoms with Crippen LogP contribution in [0.5, 0.6) is 0 Å². The maximum Gasteiger partial charge on any atom is 0.338 e. The molecule has 176 valence electrons. The first-order valence-electron chi connectivity index (χ1n) is 10.7. The number of ether oxygens (including phenoxy) is 2. The summed E-state index contributed by atoms with van der Waals surface area (Å²) in [6, 6.07) is 13.5. The summed E-state index contributed by atoms with van der Waals surface area (Å²) in [5, 5.41) is 5.23. The van der Waals surface area contributed by atoms with Gasteiger partial charge in [-0.1, -0.05) is 32.9 Å². The zero-order chi connectivity index (χ0) is 24.4. The van der Waals surface area contributed by atoms with E-state index in [1.165, 1.54) is 12.1 Å². The van der Waals surface area contributed by atoms with E-state index in [0.29, 0.717) is 16.8 Å². The van der Waals surface area contributed by atoms with E-state index in [-0.39, 0.29) is 30.9 Å². The lowest BCUT2D eigenvalue weighted by atomic mass is 9.87. The summed E-state index contributed by atoms with van der Waals surface area (Å²) in [6.07, 6.45) is -0.0622. The van der Waals surface area contributed by atoms with Crippen molar-refractivity contribution in [3.8, 4) is 0 Å². The van der Waals surface area contributed by atoms with Crippen LogP contribution in [0.1, 0.15) is 60.4 Å². The molecule has 2 N–H and O–H groups in total. The number of carbonyl (C=O) groups is 4. The first kappa shape index (κ1) is 25.6. The van der Waals surface area contributed by atoms with E-state index in [9.17, 15) is 19.2 Å². The highest BCUT2D eigenvalue weighted by Gasteiger charge is 2.15. The van der Waals surface area contributed by atoms with Gasteiger partial charge in [0, 0.05) is 17.8 Å². The van der Waals surface area contributed by atoms with Gasteiger partial charge in [-0.25, -0.2) is 4.79 Å². The number of benzene rings is 2. The van der Waals surface area contributed by atoms with Crippen LogP contribution in [0.3, 0.4) is 0 Å². The van der Waals surface area contributed by atoms with Crippen LogP contribution in [-0.4, -0.2) is 43.5 Å². The van der Waals surface area contributed by atoms with Gasteiger partial charge < -0.3 is 20.1 Å². The van der Waals surface area contributed by atoms with Gasteiger partial charge in [-0.3, -0.25) is 14.4 Å². The van der Waals surface area contributed by atoms with Crippen molar-refractivity contribution in [1.29, 1.82) is 0 Å². The Bertz CT molecular complexity index is 975. The van der Waals surface area contributed by atoms with Crippen LogP contribution >= 0.6 is 0 Å². The van der Waals surface area contributed by atoms with Gasteiger partial charge in [-0.05, 0) is 54.3 Å². The molecule has 0 aliphatic rings. The van der Waals surface area contributed by atoms with Gasteiger partial charge in [-0.2, -0.15) is 0 Å². The molecule has 2 aromatic rings. The lowest BCUT2D eigenvalue weighted by Gasteiger charge is -2.19. The topological polar surface area (TPSA) is 111 Å². The Morgan fingerprint density at radius 2 is 1.45 bits per heavy atom. The monoisotopic (exact) mass is 454 g/mol. The van der Waals surface area contributed by atoms with E-state index in [1.54, 1.807) is 31.2 Å². The van der Waals surface area contributed by atoms with Crippen molar-refractivity contribution < 1.29 is 28.7 Å². The quantitative estimate of drug-likeness (QED) is 0.562. The van der Waals surface area contributed by atoms with E-state index in [1.807, 2.05) is 12.1 Å². The first-order chi connectivity index (χ1) is 15.6. The Balaban J connectivity index is 1.69. The van der Waals surface area contributed by atoms with Crippen molar-refractivity contribution in [3.63, 3.8) is 0 Å². The molecule has 2 amide bonds. The van der Waals surface area contributed by atoms with Crippen molar-refractivity contribution in [2.45, 2.75) is 39.5 Å². The molecular formula is C25H30N2O6. The molecule has 0 heterocycles. The Kier molecular flexibility index (Phi) is 9.15. The Hall–Kier alpha value is -3.68. The van der Waals surface area contributed by atoms with Gasteiger partial charge >= 0.3 is 11.9 Å². The minimum absolute atomic E-state index is 0.00283. The summed E-state index contributed by atoms with van der Waals surface area (Å²) in [5.41, 5.74) is 2.44. The Labute approximate surface area is 193 Å². The molecule has 0 saturated carbocycles. The molecule has 0 bridgehead atoms. The maximum atomic E-state index is 12.2. The largest absolute Gasteiger partial charge is 0.462 e. The predicted octanol–water partition coefficient (Wildman–Crippen LogP) is 3.46. The second-order valence-electron chi connectivity index (χ2n) is 8.34. The Morgan fingerprint density at radius 1 is 0.848 bits per heavy atom. The van der Waals surface area contributed by atoms with Crippen molar-refractivity contribution in [2.24, 2.45) is 0 Å². The SMILES string of the molecule is CCOC(=O)c1ccc(NC(=O)COC(=O)CCNC(=O)c2ccc(C(C)(C)C)cc2)cc1. The van der Waals surface area contributed by atoms with Crippen LogP contribution in [0, 0.1) is 0 Å². The van der Waals surface area contributed by atoms with Gasteiger partial charge in [0.1, 0.15) is 0 Å². The number of esters is 2. The molecule has 0 fully saturated rings. The third kappa shape index (κ3) is 8.40. The molecule has 2 aromatic carbocycles. The third-order valence-corrected chi connectivity index (χ3v) is 4.67. The van der Waals surface area contributed by atoms with Crippen LogP contribution in [-0.2, 0) is 24.5 Å². The van der Waals surface area contributed by atoms with Crippen molar-refractivity contribution in [3.05, 3.63) is 65.2 Å². The summed E-state index contributed by atoms with van der Waals surface area (Å²) in [6.45, 7) is 7.90. The normalized spacial score (nSPS) is 10.8. The van der Waals surface area contributed by atoms with E-state index in [2.05, 4.69) is 31.4 Å². The molecule has 0 saturated heterocycles. The molecule has 0 aliphatic heterocycles. The average Bonchev–Trinajstić information content (AvgIpc) is 2.78. The van der Waals surface area contributed by atoms with Crippen LogP contribution in [0.2, 0.25) is 0 Å². The molecule has 8 heteroatoms. The molecular weight excluding hydrogens is 424 g/mol. The van der Waals surface area contributed by atoms with E-state index < -0.39 is 24.5 Å². The number of amides is 2. The molecule has 8 nitrogen and oxygen atoms in total. The van der Waals surface area contributed by atoms with Gasteiger partial charge in [0.25, 0.3) is 11.8 Å². The molecule has 0 atom stereocenters. The maximum absolute atomic E-state index is 12.2. The number of carbonyl (C=O) groups excluding carboxylic acids is 4. The summed E-state index contributed by atoms with van der Waals surface area (Å²) in [4.78, 5) is 47.6. The van der Waals surface area contributed by atoms with E-state index in [4.69, 9.17) is 9.47 Å². The highest BCUT2D eigenvalue weighted by atomic mass is 16.5. The third-order valence-electron chi connectivity index (χ3n) is 4.67. The summed E-state index contributed by atoms with van der Waals surface area (Å²) in [7, 11) is 0. The smallest absolute Gasteiger partial charge is 0.338 e. The molecule has 0 unspecified atom stereocenters. The number of rotatable bonds is 9. The van der Waals surface area contributed by atoms with E-state index in [0.717, 1.165) is 5.56 Å². The molecule has 0 spiro atoms. The fourth-order valence-electron chi connectivity index (χ4n) is 2.82. The average molecular weight is 455 g/mol. The van der Waals surface area contributed by atoms with Crippen molar-refractivity contribution in [2.75, 3.05) is 25.1 Å². The standard InChI is InChI=1S/C25H30N2O6/c1-5-32-24(31)18-8-12-20(13-9-18)27-21(28)16-33-22(29)14-15-26-23(30)17-6-10-19(11-7-17)25(2,3)4/h6-13H,5,14-16H2,1-4H3,(H,26,30)(H,27,28). The zero-order valence-electron chi connectivity index (χ0n) is 19.4. The molecule has 0 aromatic heterocycles. The highest BCUT2D eigenvalue weighted by Crippen LogP contribution is 2.22. The van der Waals surface area contributed by atoms with Crippen molar-refractivity contribution in [1.82, 2.24) is 5.32 Å². The van der Waals surface area contributed by atoms with Crippen LogP contribution in [0.4, 0.5) is 5.69 Å². The minimum atomic E-state index is -0.605. The van der Waals surface area contributed by atoms with Crippen LogP contribution < -0.4 is 10.6 Å². The van der Waals surface area contributed by atoms with Crippen molar-refractivity contribution >= 4 is 29.4 Å². The number of hydrogen-bond acceptors (Lipinski definition) is 6. The van der Waals surface area contributed by atoms with Crippen LogP contribution in [0.25, 0.3) is 0 Å². The lowest BCUT2D eigenvalue weighted by Crippen LogP contribution is -2.27. The molecule has 0 aliphatic carbocycles. The minimum Gasteiger partial charge on any atom is -0.462 e. The van der Waals surface area contributed by atoms with Gasteiger partial charge in [0.05, 0.1) is 18.6 Å². The fraction of sp³-hybridized carbons (Fsp3) is 0.360. The fourth-order valence-corrected chi connectivity index (χ4v) is 2.82. The summed E-state index contributed by atoms with van der Waals surface area (Å²) >= 11 is 0. The van der Waals surface area contributed by atoms with Gasteiger partial charge in [-0.15, -0.1) is 0 Å². The Morgan fingerprint density at radius 3 is 2.03 bits per heavy atom. The van der Waals surface area contributed by atoms with Gasteiger partial charge in [0.15, 0.2) is 6.61 Å². The van der Waals surface area contributed by atoms with Crippen LogP contribution in [0.15, 0.2) is 48.5 Å². The summed E-state index contributed by atoms with van der Waals surface area (Å²) < 4.78 is 9.83. The zero-order valence-corrected chi connectivity index (χ0v) is 19.4. The van der Waals surface area contributed by atoms with Gasteiger partial charge in [0.2, 0.25) is 0 Å². The second kappa shape index (κ2) is 11.8. The highest BCUT2D eigenvalue weighted by molar-refractivity contribution is 5.95.